The predicted octanol–water partition coefficient (Wildman–Crippen LogP) is 2.96. The van der Waals surface area contributed by atoms with Crippen molar-refractivity contribution in [3.05, 3.63) is 89.5 Å². The minimum absolute atomic E-state index is 0.0228. The van der Waals surface area contributed by atoms with Gasteiger partial charge in [0.15, 0.2) is 0 Å². The van der Waals surface area contributed by atoms with Crippen molar-refractivity contribution >= 4 is 31.6 Å². The molecule has 0 saturated heterocycles. The van der Waals surface area contributed by atoms with Gasteiger partial charge in [-0.05, 0) is 67.8 Å². The molecule has 4 rings (SSSR count). The molecule has 0 spiro atoms. The Morgan fingerprint density at radius 1 is 0.971 bits per heavy atom. The van der Waals surface area contributed by atoms with Crippen molar-refractivity contribution < 1.29 is 21.6 Å². The van der Waals surface area contributed by atoms with Gasteiger partial charge in [0, 0.05) is 11.6 Å². The fraction of sp³-hybridized carbons (Fsp3) is 0.208. The molecule has 0 saturated carbocycles. The van der Waals surface area contributed by atoms with Crippen molar-refractivity contribution in [1.82, 2.24) is 5.32 Å². The Morgan fingerprint density at radius 2 is 1.65 bits per heavy atom. The molecule has 3 N–H and O–H groups in total. The van der Waals surface area contributed by atoms with E-state index in [2.05, 4.69) is 5.32 Å². The molecule has 8 nitrogen and oxygen atoms in total. The molecule has 0 aromatic heterocycles. The van der Waals surface area contributed by atoms with Gasteiger partial charge in [-0.1, -0.05) is 36.4 Å². The Kier molecular flexibility index (Phi) is 6.24. The smallest absolute Gasteiger partial charge is 0.264 e. The number of para-hydroxylation sites is 1. The first-order valence-corrected chi connectivity index (χ1v) is 13.6. The second-order valence-corrected chi connectivity index (χ2v) is 11.7. The molecule has 1 aliphatic rings. The summed E-state index contributed by atoms with van der Waals surface area (Å²) in [6.07, 6.45) is 0.622. The van der Waals surface area contributed by atoms with Crippen LogP contribution in [0.15, 0.2) is 82.6 Å². The highest BCUT2D eigenvalue weighted by Crippen LogP contribution is 2.36. The second kappa shape index (κ2) is 8.86. The summed E-state index contributed by atoms with van der Waals surface area (Å²) < 4.78 is 51.2. The van der Waals surface area contributed by atoms with Crippen molar-refractivity contribution in [3.8, 4) is 0 Å². The number of sulfonamides is 2. The minimum Gasteiger partial charge on any atom is -0.346 e. The lowest BCUT2D eigenvalue weighted by molar-refractivity contribution is 0.0939. The molecule has 34 heavy (non-hydrogen) atoms. The topological polar surface area (TPSA) is 127 Å². The lowest BCUT2D eigenvalue weighted by atomic mass is 10.1. The van der Waals surface area contributed by atoms with Gasteiger partial charge in [-0.15, -0.1) is 0 Å². The maximum absolute atomic E-state index is 13.5. The summed E-state index contributed by atoms with van der Waals surface area (Å²) in [5, 5.41) is 7.93. The summed E-state index contributed by atoms with van der Waals surface area (Å²) in [6.45, 7) is 3.60. The van der Waals surface area contributed by atoms with E-state index >= 15 is 0 Å². The highest BCUT2D eigenvalue weighted by molar-refractivity contribution is 7.93. The number of amides is 1. The summed E-state index contributed by atoms with van der Waals surface area (Å²) in [4.78, 5) is 12.9. The largest absolute Gasteiger partial charge is 0.346 e. The molecule has 0 unspecified atom stereocenters. The number of benzene rings is 3. The van der Waals surface area contributed by atoms with Crippen LogP contribution in [0.5, 0.6) is 0 Å². The molecule has 0 aliphatic carbocycles. The van der Waals surface area contributed by atoms with E-state index in [1.165, 1.54) is 28.6 Å². The number of primary sulfonamides is 1. The van der Waals surface area contributed by atoms with Crippen LogP contribution < -0.4 is 14.8 Å². The summed E-state index contributed by atoms with van der Waals surface area (Å²) in [5.74, 6) is -0.449. The van der Waals surface area contributed by atoms with Gasteiger partial charge in [0.25, 0.3) is 15.9 Å². The van der Waals surface area contributed by atoms with Crippen LogP contribution in [0.25, 0.3) is 0 Å². The Bertz CT molecular complexity index is 1450. The minimum atomic E-state index is -3.87. The molecule has 0 radical (unpaired) electrons. The summed E-state index contributed by atoms with van der Waals surface area (Å²) in [5.41, 5.74) is 2.50. The molecule has 0 bridgehead atoms. The van der Waals surface area contributed by atoms with Crippen molar-refractivity contribution in [2.75, 3.05) is 4.31 Å². The van der Waals surface area contributed by atoms with Crippen LogP contribution in [-0.4, -0.2) is 28.8 Å². The predicted molar refractivity (Wildman–Crippen MR) is 129 cm³/mol. The third-order valence-corrected chi connectivity index (χ3v) is 8.71. The van der Waals surface area contributed by atoms with Crippen LogP contribution in [0, 0.1) is 0 Å². The van der Waals surface area contributed by atoms with Crippen LogP contribution in [0.3, 0.4) is 0 Å². The SMILES string of the molecule is C[C@@H](NC(=O)c1cccc(S(=O)(=O)N2c3ccccc3C[C@@H]2C)c1)c1ccc(S(N)(=O)=O)cc1. The average Bonchev–Trinajstić information content (AvgIpc) is 3.15. The number of rotatable bonds is 6. The van der Waals surface area contributed by atoms with E-state index in [4.69, 9.17) is 5.14 Å². The van der Waals surface area contributed by atoms with Gasteiger partial charge in [0.05, 0.1) is 21.5 Å². The van der Waals surface area contributed by atoms with Gasteiger partial charge >= 0.3 is 0 Å². The standard InChI is InChI=1S/C24H25N3O5S2/c1-16-14-19-6-3-4-9-23(19)27(16)34(31,32)22-8-5-7-20(15-22)24(28)26-17(2)18-10-12-21(13-11-18)33(25,29)30/h3-13,15-17H,14H2,1-2H3,(H,26,28)(H2,25,29,30)/t16-,17+/m0/s1. The van der Waals surface area contributed by atoms with Gasteiger partial charge in [-0.25, -0.2) is 22.0 Å². The molecule has 2 atom stereocenters. The van der Waals surface area contributed by atoms with Gasteiger partial charge < -0.3 is 5.32 Å². The number of anilines is 1. The number of hydrogen-bond acceptors (Lipinski definition) is 5. The summed E-state index contributed by atoms with van der Waals surface area (Å²) in [6, 6.07) is 18.5. The monoisotopic (exact) mass is 499 g/mol. The van der Waals surface area contributed by atoms with Crippen molar-refractivity contribution in [2.45, 2.75) is 42.1 Å². The highest BCUT2D eigenvalue weighted by Gasteiger charge is 2.36. The fourth-order valence-electron chi connectivity index (χ4n) is 4.12. The van der Waals surface area contributed by atoms with E-state index < -0.39 is 32.0 Å². The Hall–Kier alpha value is -3.21. The van der Waals surface area contributed by atoms with Crippen LogP contribution >= 0.6 is 0 Å². The number of fused-ring (bicyclic) bond motifs is 1. The van der Waals surface area contributed by atoms with Gasteiger partial charge in [0.1, 0.15) is 0 Å². The average molecular weight is 500 g/mol. The number of hydrogen-bond donors (Lipinski definition) is 2. The Morgan fingerprint density at radius 3 is 2.32 bits per heavy atom. The maximum atomic E-state index is 13.5. The van der Waals surface area contributed by atoms with E-state index in [-0.39, 0.29) is 21.4 Å². The summed E-state index contributed by atoms with van der Waals surface area (Å²) >= 11 is 0. The molecule has 178 valence electrons. The van der Waals surface area contributed by atoms with Crippen molar-refractivity contribution in [3.63, 3.8) is 0 Å². The quantitative estimate of drug-likeness (QED) is 0.539. The maximum Gasteiger partial charge on any atom is 0.264 e. The molecule has 1 aliphatic heterocycles. The Labute approximate surface area is 199 Å². The van der Waals surface area contributed by atoms with E-state index in [1.54, 1.807) is 43.3 Å². The third-order valence-electron chi connectivity index (χ3n) is 5.85. The zero-order valence-electron chi connectivity index (χ0n) is 18.7. The van der Waals surface area contributed by atoms with Gasteiger partial charge in [0.2, 0.25) is 10.0 Å². The van der Waals surface area contributed by atoms with Crippen molar-refractivity contribution in [2.24, 2.45) is 5.14 Å². The number of nitrogens with one attached hydrogen (secondary N) is 1. The number of nitrogens with two attached hydrogens (primary N) is 1. The van der Waals surface area contributed by atoms with Crippen LogP contribution in [0.4, 0.5) is 5.69 Å². The highest BCUT2D eigenvalue weighted by atomic mass is 32.2. The number of carbonyl (C=O) groups is 1. The van der Waals surface area contributed by atoms with Gasteiger partial charge in [-0.3, -0.25) is 9.10 Å². The summed E-state index contributed by atoms with van der Waals surface area (Å²) in [7, 11) is -7.68. The zero-order chi connectivity index (χ0) is 24.7. The lowest BCUT2D eigenvalue weighted by Gasteiger charge is -2.24. The van der Waals surface area contributed by atoms with E-state index in [1.807, 2.05) is 19.1 Å². The van der Waals surface area contributed by atoms with E-state index in [9.17, 15) is 21.6 Å². The van der Waals surface area contributed by atoms with E-state index in [0.717, 1.165) is 5.56 Å². The lowest BCUT2D eigenvalue weighted by Crippen LogP contribution is -2.36. The van der Waals surface area contributed by atoms with E-state index in [0.29, 0.717) is 17.7 Å². The van der Waals surface area contributed by atoms with Crippen LogP contribution in [0.2, 0.25) is 0 Å². The number of carbonyl (C=O) groups excluding carboxylic acids is 1. The van der Waals surface area contributed by atoms with Crippen molar-refractivity contribution in [1.29, 1.82) is 0 Å². The van der Waals surface area contributed by atoms with Crippen LogP contribution in [-0.2, 0) is 26.5 Å². The first-order valence-electron chi connectivity index (χ1n) is 10.6. The second-order valence-electron chi connectivity index (χ2n) is 8.32. The van der Waals surface area contributed by atoms with Crippen LogP contribution in [0.1, 0.15) is 41.4 Å². The molecular weight excluding hydrogens is 474 g/mol. The normalized spacial score (nSPS) is 16.7. The molecule has 3 aromatic rings. The Balaban J connectivity index is 1.56. The molecule has 1 heterocycles. The molecule has 10 heteroatoms. The molecule has 1 amide bonds. The first kappa shape index (κ1) is 23.9. The third kappa shape index (κ3) is 4.56. The fourth-order valence-corrected chi connectivity index (χ4v) is 6.38. The zero-order valence-corrected chi connectivity index (χ0v) is 20.3. The molecule has 0 fully saturated rings. The molecule has 3 aromatic carbocycles. The van der Waals surface area contributed by atoms with Gasteiger partial charge in [-0.2, -0.15) is 0 Å². The number of nitrogens with zero attached hydrogens (tertiary/aromatic N) is 1. The first-order chi connectivity index (χ1) is 16.0. The molecular formula is C24H25N3O5S2.